The first kappa shape index (κ1) is 45.0. The van der Waals surface area contributed by atoms with E-state index >= 15 is 0 Å². The van der Waals surface area contributed by atoms with Crippen LogP contribution in [0.15, 0.2) is 12.1 Å². The lowest BCUT2D eigenvalue weighted by Crippen LogP contribution is -2.11. The van der Waals surface area contributed by atoms with E-state index in [2.05, 4.69) is 67.5 Å². The van der Waals surface area contributed by atoms with E-state index in [0.29, 0.717) is 98.9 Å². The van der Waals surface area contributed by atoms with Gasteiger partial charge in [0.05, 0.1) is 63.6 Å². The summed E-state index contributed by atoms with van der Waals surface area (Å²) < 4.78 is 54.0. The zero-order valence-electron chi connectivity index (χ0n) is 35.4. The van der Waals surface area contributed by atoms with Crippen molar-refractivity contribution in [2.45, 2.75) is 158 Å². The maximum Gasteiger partial charge on any atom is 0.208 e. The Balaban J connectivity index is 2.65. The van der Waals surface area contributed by atoms with Crippen molar-refractivity contribution in [3.8, 4) is 46.0 Å². The standard InChI is InChI=1S/C46H74O8/c1-9-17-25-47-37-34-35-33-36-39(42(50-28-20-12-4)38(35)43(51-29-21-13-5)41(37)49-27-19-11-3)44(52-30-22-14-6)46(54-32-24-16-8)45(53-31-23-15-7)40(36)48-26-18-10-2/h33-34H,9-32H2,1-8H3. The van der Waals surface area contributed by atoms with Crippen LogP contribution in [0.5, 0.6) is 46.0 Å². The summed E-state index contributed by atoms with van der Waals surface area (Å²) in [6.07, 6.45) is 15.4. The first-order chi connectivity index (χ1) is 26.6. The molecule has 8 heteroatoms. The molecular weight excluding hydrogens is 680 g/mol. The van der Waals surface area contributed by atoms with E-state index in [1.807, 2.05) is 0 Å². The highest BCUT2D eigenvalue weighted by Gasteiger charge is 2.31. The Morgan fingerprint density at radius 1 is 0.296 bits per heavy atom. The van der Waals surface area contributed by atoms with Gasteiger partial charge in [-0.05, 0) is 68.9 Å². The first-order valence-corrected chi connectivity index (χ1v) is 21.8. The zero-order valence-corrected chi connectivity index (χ0v) is 35.4. The summed E-state index contributed by atoms with van der Waals surface area (Å²) >= 11 is 0. The van der Waals surface area contributed by atoms with E-state index in [0.717, 1.165) is 124 Å². The average molecular weight is 755 g/mol. The highest BCUT2D eigenvalue weighted by atomic mass is 16.6. The van der Waals surface area contributed by atoms with Crippen LogP contribution in [0.3, 0.4) is 0 Å². The van der Waals surface area contributed by atoms with Gasteiger partial charge >= 0.3 is 0 Å². The molecule has 0 aliphatic rings. The molecule has 0 N–H and O–H groups in total. The van der Waals surface area contributed by atoms with Gasteiger partial charge in [0.25, 0.3) is 0 Å². The van der Waals surface area contributed by atoms with Crippen LogP contribution in [0.1, 0.15) is 158 Å². The first-order valence-electron chi connectivity index (χ1n) is 21.8. The Labute approximate surface area is 327 Å². The molecule has 0 aromatic heterocycles. The second kappa shape index (κ2) is 26.4. The maximum atomic E-state index is 6.98. The Kier molecular flexibility index (Phi) is 22.0. The third-order valence-electron chi connectivity index (χ3n) is 9.31. The lowest BCUT2D eigenvalue weighted by Gasteiger charge is -2.26. The van der Waals surface area contributed by atoms with E-state index < -0.39 is 0 Å². The fraction of sp³-hybridized carbons (Fsp3) is 0.696. The molecule has 3 aromatic rings. The molecule has 0 saturated carbocycles. The molecule has 3 rings (SSSR count). The molecule has 0 bridgehead atoms. The predicted octanol–water partition coefficient (Wildman–Crippen LogP) is 13.4. The van der Waals surface area contributed by atoms with Gasteiger partial charge in [0.15, 0.2) is 23.0 Å². The highest BCUT2D eigenvalue weighted by molar-refractivity contribution is 6.15. The van der Waals surface area contributed by atoms with Crippen molar-refractivity contribution in [1.82, 2.24) is 0 Å². The molecule has 0 unspecified atom stereocenters. The topological polar surface area (TPSA) is 73.8 Å². The van der Waals surface area contributed by atoms with Crippen LogP contribution in [0.25, 0.3) is 21.5 Å². The van der Waals surface area contributed by atoms with Gasteiger partial charge in [-0.15, -0.1) is 0 Å². The number of rotatable bonds is 32. The van der Waals surface area contributed by atoms with Crippen LogP contribution in [-0.2, 0) is 0 Å². The van der Waals surface area contributed by atoms with E-state index in [9.17, 15) is 0 Å². The third kappa shape index (κ3) is 12.8. The molecule has 0 aliphatic carbocycles. The van der Waals surface area contributed by atoms with E-state index in [1.54, 1.807) is 0 Å². The van der Waals surface area contributed by atoms with Crippen LogP contribution in [0, 0.1) is 0 Å². The molecule has 0 atom stereocenters. The molecule has 54 heavy (non-hydrogen) atoms. The Morgan fingerprint density at radius 3 is 1.04 bits per heavy atom. The molecule has 0 spiro atoms. The van der Waals surface area contributed by atoms with Crippen LogP contribution < -0.4 is 37.9 Å². The summed E-state index contributed by atoms with van der Waals surface area (Å²) in [5, 5.41) is 3.46. The summed E-state index contributed by atoms with van der Waals surface area (Å²) in [6.45, 7) is 21.8. The minimum Gasteiger partial charge on any atom is -0.492 e. The Bertz CT molecular complexity index is 1490. The maximum absolute atomic E-state index is 6.98. The largest absolute Gasteiger partial charge is 0.492 e. The van der Waals surface area contributed by atoms with Gasteiger partial charge in [-0.25, -0.2) is 0 Å². The summed E-state index contributed by atoms with van der Waals surface area (Å²) in [4.78, 5) is 0. The van der Waals surface area contributed by atoms with Gasteiger partial charge < -0.3 is 37.9 Å². The molecule has 0 heterocycles. The van der Waals surface area contributed by atoms with Crippen molar-refractivity contribution < 1.29 is 37.9 Å². The monoisotopic (exact) mass is 755 g/mol. The van der Waals surface area contributed by atoms with Gasteiger partial charge in [-0.3, -0.25) is 0 Å². The van der Waals surface area contributed by atoms with Crippen LogP contribution >= 0.6 is 0 Å². The molecular formula is C46H74O8. The number of hydrogen-bond acceptors (Lipinski definition) is 8. The molecule has 0 saturated heterocycles. The molecule has 0 radical (unpaired) electrons. The third-order valence-corrected chi connectivity index (χ3v) is 9.31. The highest BCUT2D eigenvalue weighted by Crippen LogP contribution is 2.58. The number of ether oxygens (including phenoxy) is 8. The lowest BCUT2D eigenvalue weighted by atomic mass is 9.97. The van der Waals surface area contributed by atoms with Crippen molar-refractivity contribution in [1.29, 1.82) is 0 Å². The van der Waals surface area contributed by atoms with E-state index in [4.69, 9.17) is 37.9 Å². The normalized spacial score (nSPS) is 11.3. The van der Waals surface area contributed by atoms with Gasteiger partial charge in [-0.2, -0.15) is 0 Å². The minimum absolute atomic E-state index is 0.529. The summed E-state index contributed by atoms with van der Waals surface area (Å²) in [5.41, 5.74) is 0. The Morgan fingerprint density at radius 2 is 0.611 bits per heavy atom. The van der Waals surface area contributed by atoms with Gasteiger partial charge in [-0.1, -0.05) is 107 Å². The van der Waals surface area contributed by atoms with Crippen LogP contribution in [0.2, 0.25) is 0 Å². The van der Waals surface area contributed by atoms with Crippen molar-refractivity contribution in [2.24, 2.45) is 0 Å². The summed E-state index contributed by atoms with van der Waals surface area (Å²) in [5.74, 6) is 5.15. The summed E-state index contributed by atoms with van der Waals surface area (Å²) in [6, 6.07) is 4.28. The molecule has 306 valence electrons. The fourth-order valence-electron chi connectivity index (χ4n) is 5.93. The van der Waals surface area contributed by atoms with Crippen LogP contribution in [-0.4, -0.2) is 52.9 Å². The lowest BCUT2D eigenvalue weighted by molar-refractivity contribution is 0.224. The Hall–Kier alpha value is -3.42. The molecule has 0 aliphatic heterocycles. The molecule has 0 fully saturated rings. The van der Waals surface area contributed by atoms with E-state index in [-0.39, 0.29) is 0 Å². The smallest absolute Gasteiger partial charge is 0.208 e. The average Bonchev–Trinajstić information content (AvgIpc) is 3.17. The SMILES string of the molecule is CCCCOc1cc2cc3c(OCCCC)c(OCCCC)c(OCCCC)c(OCCCC)c3c(OCCCC)c2c(OCCCC)c1OCCCC. The number of fused-ring (bicyclic) bond motifs is 2. The van der Waals surface area contributed by atoms with Crippen molar-refractivity contribution in [3.05, 3.63) is 12.1 Å². The predicted molar refractivity (Wildman–Crippen MR) is 225 cm³/mol. The minimum atomic E-state index is 0.529. The fourth-order valence-corrected chi connectivity index (χ4v) is 5.93. The van der Waals surface area contributed by atoms with Crippen LogP contribution in [0.4, 0.5) is 0 Å². The second-order valence-electron chi connectivity index (χ2n) is 14.2. The quantitative estimate of drug-likeness (QED) is 0.0461. The molecule has 3 aromatic carbocycles. The number of benzene rings is 3. The number of unbranched alkanes of at least 4 members (excludes halogenated alkanes) is 8. The van der Waals surface area contributed by atoms with Crippen molar-refractivity contribution >= 4 is 21.5 Å². The second-order valence-corrected chi connectivity index (χ2v) is 14.2. The van der Waals surface area contributed by atoms with Crippen molar-refractivity contribution in [2.75, 3.05) is 52.9 Å². The molecule has 8 nitrogen and oxygen atoms in total. The van der Waals surface area contributed by atoms with Crippen molar-refractivity contribution in [3.63, 3.8) is 0 Å². The number of hydrogen-bond donors (Lipinski definition) is 0. The van der Waals surface area contributed by atoms with Gasteiger partial charge in [0, 0.05) is 5.39 Å². The van der Waals surface area contributed by atoms with E-state index in [1.165, 1.54) is 0 Å². The summed E-state index contributed by atoms with van der Waals surface area (Å²) in [7, 11) is 0. The molecule has 0 amide bonds. The van der Waals surface area contributed by atoms with Gasteiger partial charge in [0.1, 0.15) is 5.75 Å². The zero-order chi connectivity index (χ0) is 39.0. The van der Waals surface area contributed by atoms with Gasteiger partial charge in [0.2, 0.25) is 17.2 Å².